The summed E-state index contributed by atoms with van der Waals surface area (Å²) in [5, 5.41) is 7.97. The molecule has 0 amide bonds. The molecule has 0 saturated heterocycles. The molecule has 0 saturated carbocycles. The summed E-state index contributed by atoms with van der Waals surface area (Å²) in [7, 11) is 1.60. The van der Waals surface area contributed by atoms with Gasteiger partial charge in [0.15, 0.2) is 0 Å². The number of carbonyl (C=O) groups excluding carboxylic acids is 1. The van der Waals surface area contributed by atoms with Crippen molar-refractivity contribution in [2.45, 2.75) is 13.8 Å². The van der Waals surface area contributed by atoms with Gasteiger partial charge >= 0.3 is 5.97 Å². The van der Waals surface area contributed by atoms with Gasteiger partial charge in [0.25, 0.3) is 0 Å². The molecule has 4 aromatic rings. The number of carbonyl (C=O) groups is 1. The zero-order valence-corrected chi connectivity index (χ0v) is 18.5. The third-order valence-corrected chi connectivity index (χ3v) is 5.04. The number of rotatable bonds is 7. The summed E-state index contributed by atoms with van der Waals surface area (Å²) in [5.74, 6) is 0.770. The van der Waals surface area contributed by atoms with Crippen molar-refractivity contribution in [1.82, 2.24) is 14.8 Å². The number of nitrogens with one attached hydrogen (secondary N) is 1. The third kappa shape index (κ3) is 4.69. The fourth-order valence-electron chi connectivity index (χ4n) is 3.36. The number of methoxy groups -OCH3 is 1. The van der Waals surface area contributed by atoms with E-state index in [9.17, 15) is 9.18 Å². The van der Waals surface area contributed by atoms with Crippen LogP contribution in [0.3, 0.4) is 0 Å². The number of anilines is 2. The first-order valence-electron chi connectivity index (χ1n) is 10.4. The van der Waals surface area contributed by atoms with Crippen molar-refractivity contribution in [2.75, 3.05) is 19.0 Å². The van der Waals surface area contributed by atoms with Crippen LogP contribution < -0.4 is 10.1 Å². The number of pyridine rings is 1. The summed E-state index contributed by atoms with van der Waals surface area (Å²) in [6.45, 7) is 3.96. The summed E-state index contributed by atoms with van der Waals surface area (Å²) in [4.78, 5) is 16.8. The molecule has 0 aliphatic carbocycles. The number of nitrogens with zero attached hydrogens (tertiary/aromatic N) is 3. The van der Waals surface area contributed by atoms with Crippen LogP contribution in [0.2, 0.25) is 0 Å². The van der Waals surface area contributed by atoms with Crippen LogP contribution in [-0.4, -0.2) is 34.5 Å². The van der Waals surface area contributed by atoms with Gasteiger partial charge in [0.05, 0.1) is 25.1 Å². The monoisotopic (exact) mass is 446 g/mol. The van der Waals surface area contributed by atoms with E-state index >= 15 is 0 Å². The van der Waals surface area contributed by atoms with Gasteiger partial charge in [-0.3, -0.25) is 0 Å². The summed E-state index contributed by atoms with van der Waals surface area (Å²) in [5.41, 5.74) is 3.40. The van der Waals surface area contributed by atoms with Crippen LogP contribution in [0.5, 0.6) is 5.75 Å². The van der Waals surface area contributed by atoms with Gasteiger partial charge in [-0.05, 0) is 61.9 Å². The van der Waals surface area contributed by atoms with Crippen LogP contribution in [0.25, 0.3) is 16.9 Å². The van der Waals surface area contributed by atoms with Gasteiger partial charge in [0.1, 0.15) is 28.8 Å². The highest BCUT2D eigenvalue weighted by Crippen LogP contribution is 2.30. The Labute approximate surface area is 190 Å². The molecule has 33 heavy (non-hydrogen) atoms. The van der Waals surface area contributed by atoms with Gasteiger partial charge in [0, 0.05) is 23.9 Å². The summed E-state index contributed by atoms with van der Waals surface area (Å²) < 4.78 is 25.7. The minimum atomic E-state index is -0.476. The molecule has 4 rings (SSSR count). The highest BCUT2D eigenvalue weighted by molar-refractivity contribution is 5.95. The summed E-state index contributed by atoms with van der Waals surface area (Å²) in [6, 6.07) is 16.9. The summed E-state index contributed by atoms with van der Waals surface area (Å²) >= 11 is 0. The zero-order valence-electron chi connectivity index (χ0n) is 18.5. The van der Waals surface area contributed by atoms with E-state index in [0.29, 0.717) is 28.6 Å². The molecule has 8 heteroatoms. The Morgan fingerprint density at radius 3 is 2.64 bits per heavy atom. The highest BCUT2D eigenvalue weighted by atomic mass is 19.1. The molecular weight excluding hydrogens is 423 g/mol. The maximum atomic E-state index is 13.5. The third-order valence-electron chi connectivity index (χ3n) is 5.04. The van der Waals surface area contributed by atoms with Crippen molar-refractivity contribution in [2.24, 2.45) is 0 Å². The van der Waals surface area contributed by atoms with E-state index in [1.807, 2.05) is 31.2 Å². The molecule has 0 atom stereocenters. The normalized spacial score (nSPS) is 10.7. The predicted molar refractivity (Wildman–Crippen MR) is 124 cm³/mol. The second-order valence-corrected chi connectivity index (χ2v) is 7.23. The molecule has 0 bridgehead atoms. The highest BCUT2D eigenvalue weighted by Gasteiger charge is 2.18. The lowest BCUT2D eigenvalue weighted by atomic mass is 10.1. The summed E-state index contributed by atoms with van der Waals surface area (Å²) in [6.07, 6.45) is 1.59. The standard InChI is InChI=1S/C25H23FN4O3/c1-4-33-25(31)20-6-5-13-27-24(20)28-23-15-21(17-8-10-18(26)11-9-17)29-30(23)22-14-19(32-3)12-7-16(22)2/h5-15H,4H2,1-3H3,(H,27,28). The van der Waals surface area contributed by atoms with Crippen LogP contribution in [0.15, 0.2) is 66.9 Å². The van der Waals surface area contributed by atoms with Gasteiger partial charge < -0.3 is 14.8 Å². The minimum Gasteiger partial charge on any atom is -0.497 e. The van der Waals surface area contributed by atoms with Crippen molar-refractivity contribution in [3.05, 3.63) is 83.8 Å². The Morgan fingerprint density at radius 2 is 1.91 bits per heavy atom. The molecule has 1 N–H and O–H groups in total. The van der Waals surface area contributed by atoms with Crippen LogP contribution >= 0.6 is 0 Å². The van der Waals surface area contributed by atoms with Crippen LogP contribution in [0, 0.1) is 12.7 Å². The maximum absolute atomic E-state index is 13.5. The first-order valence-corrected chi connectivity index (χ1v) is 10.4. The second-order valence-electron chi connectivity index (χ2n) is 7.23. The lowest BCUT2D eigenvalue weighted by Gasteiger charge is -2.14. The fraction of sp³-hybridized carbons (Fsp3) is 0.160. The van der Waals surface area contributed by atoms with Crippen LogP contribution in [-0.2, 0) is 4.74 Å². The molecular formula is C25H23FN4O3. The molecule has 7 nitrogen and oxygen atoms in total. The largest absolute Gasteiger partial charge is 0.497 e. The number of benzene rings is 2. The van der Waals surface area contributed by atoms with Gasteiger partial charge in [-0.15, -0.1) is 0 Å². The molecule has 2 aromatic heterocycles. The Balaban J connectivity index is 1.84. The number of aryl methyl sites for hydroxylation is 1. The molecule has 2 heterocycles. The molecule has 0 fully saturated rings. The van der Waals surface area contributed by atoms with Gasteiger partial charge in [-0.1, -0.05) is 6.07 Å². The van der Waals surface area contributed by atoms with Gasteiger partial charge in [0.2, 0.25) is 0 Å². The molecule has 0 aliphatic heterocycles. The average Bonchev–Trinajstić information content (AvgIpc) is 3.24. The van der Waals surface area contributed by atoms with Crippen LogP contribution in [0.1, 0.15) is 22.8 Å². The zero-order chi connectivity index (χ0) is 23.4. The molecule has 168 valence electrons. The van der Waals surface area contributed by atoms with E-state index in [0.717, 1.165) is 16.8 Å². The van der Waals surface area contributed by atoms with Gasteiger partial charge in [-0.2, -0.15) is 5.10 Å². The first-order chi connectivity index (χ1) is 16.0. The maximum Gasteiger partial charge on any atom is 0.341 e. The van der Waals surface area contributed by atoms with Crippen molar-refractivity contribution >= 4 is 17.6 Å². The Bertz CT molecular complexity index is 1290. The molecule has 0 spiro atoms. The average molecular weight is 446 g/mol. The predicted octanol–water partition coefficient (Wildman–Crippen LogP) is 5.31. The lowest BCUT2D eigenvalue weighted by molar-refractivity contribution is 0.0527. The smallest absolute Gasteiger partial charge is 0.341 e. The number of aromatic nitrogens is 3. The van der Waals surface area contributed by atoms with Crippen molar-refractivity contribution < 1.29 is 18.7 Å². The number of esters is 1. The van der Waals surface area contributed by atoms with E-state index in [2.05, 4.69) is 10.3 Å². The fourth-order valence-corrected chi connectivity index (χ4v) is 3.36. The van der Waals surface area contributed by atoms with Crippen molar-refractivity contribution in [3.8, 4) is 22.7 Å². The Morgan fingerprint density at radius 1 is 1.12 bits per heavy atom. The van der Waals surface area contributed by atoms with E-state index < -0.39 is 5.97 Å². The molecule has 0 radical (unpaired) electrons. The van der Waals surface area contributed by atoms with Crippen molar-refractivity contribution in [3.63, 3.8) is 0 Å². The second kappa shape index (κ2) is 9.52. The number of ether oxygens (including phenoxy) is 2. The Hall–Kier alpha value is -4.20. The van der Waals surface area contributed by atoms with E-state index in [1.54, 1.807) is 49.2 Å². The lowest BCUT2D eigenvalue weighted by Crippen LogP contribution is -2.11. The number of hydrogen-bond acceptors (Lipinski definition) is 6. The van der Waals surface area contributed by atoms with Gasteiger partial charge in [-0.25, -0.2) is 18.9 Å². The minimum absolute atomic E-state index is 0.253. The quantitative estimate of drug-likeness (QED) is 0.388. The molecule has 2 aromatic carbocycles. The van der Waals surface area contributed by atoms with Crippen LogP contribution in [0.4, 0.5) is 16.0 Å². The van der Waals surface area contributed by atoms with Crippen molar-refractivity contribution in [1.29, 1.82) is 0 Å². The first kappa shape index (κ1) is 22.0. The SMILES string of the molecule is CCOC(=O)c1cccnc1Nc1cc(-c2ccc(F)cc2)nn1-c1cc(OC)ccc1C. The number of hydrogen-bond donors (Lipinski definition) is 1. The van der Waals surface area contributed by atoms with E-state index in [4.69, 9.17) is 14.6 Å². The topological polar surface area (TPSA) is 78.3 Å². The number of halogens is 1. The van der Waals surface area contributed by atoms with E-state index in [1.165, 1.54) is 12.1 Å². The van der Waals surface area contributed by atoms with E-state index in [-0.39, 0.29) is 12.4 Å². The Kier molecular flexibility index (Phi) is 6.35. The molecule has 0 aliphatic rings. The molecule has 0 unspecified atom stereocenters.